The van der Waals surface area contributed by atoms with Gasteiger partial charge in [0.25, 0.3) is 0 Å². The maximum Gasteiger partial charge on any atom is 0.355 e. The molecular formula is C14H16N2O2S. The smallest absolute Gasteiger partial charge is 0.355 e. The molecule has 0 spiro atoms. The van der Waals surface area contributed by atoms with Gasteiger partial charge in [0.1, 0.15) is 0 Å². The van der Waals surface area contributed by atoms with E-state index < -0.39 is 5.97 Å². The van der Waals surface area contributed by atoms with Gasteiger partial charge in [-0.15, -0.1) is 11.3 Å². The zero-order valence-corrected chi connectivity index (χ0v) is 12.0. The number of aryl methyl sites for hydroxylation is 2. The van der Waals surface area contributed by atoms with Gasteiger partial charge in [0.05, 0.1) is 0 Å². The van der Waals surface area contributed by atoms with Crippen LogP contribution < -0.4 is 4.90 Å². The largest absolute Gasteiger partial charge is 0.476 e. The van der Waals surface area contributed by atoms with Crippen molar-refractivity contribution in [1.82, 2.24) is 4.98 Å². The van der Waals surface area contributed by atoms with Crippen molar-refractivity contribution in [3.05, 3.63) is 40.4 Å². The summed E-state index contributed by atoms with van der Waals surface area (Å²) >= 11 is 1.41. The average molecular weight is 276 g/mol. The number of carboxylic acid groups (broad SMARTS) is 1. The molecule has 0 aliphatic rings. The molecule has 1 aromatic heterocycles. The Morgan fingerprint density at radius 3 is 2.68 bits per heavy atom. The fourth-order valence-electron chi connectivity index (χ4n) is 1.92. The molecule has 1 heterocycles. The molecule has 4 nitrogen and oxygen atoms in total. The van der Waals surface area contributed by atoms with Gasteiger partial charge in [-0.1, -0.05) is 12.1 Å². The molecule has 0 saturated carbocycles. The lowest BCUT2D eigenvalue weighted by Crippen LogP contribution is -2.16. The Hall–Kier alpha value is -1.88. The Morgan fingerprint density at radius 1 is 1.42 bits per heavy atom. The summed E-state index contributed by atoms with van der Waals surface area (Å²) in [5.41, 5.74) is 2.35. The molecule has 0 fully saturated rings. The lowest BCUT2D eigenvalue weighted by Gasteiger charge is -2.20. The summed E-state index contributed by atoms with van der Waals surface area (Å²) in [5, 5.41) is 9.80. The Morgan fingerprint density at radius 2 is 2.16 bits per heavy atom. The predicted molar refractivity (Wildman–Crippen MR) is 77.7 cm³/mol. The number of aromatic carboxylic acids is 1. The SMILES string of the molecule is CCN(c1cccc(C)c1)c1nc(C(=O)O)c(C)s1. The summed E-state index contributed by atoms with van der Waals surface area (Å²) in [7, 11) is 0. The maximum atomic E-state index is 11.1. The Kier molecular flexibility index (Phi) is 3.85. The van der Waals surface area contributed by atoms with Crippen LogP contribution in [0.4, 0.5) is 10.8 Å². The third kappa shape index (κ3) is 2.76. The number of aromatic nitrogens is 1. The molecule has 1 aromatic carbocycles. The number of anilines is 2. The maximum absolute atomic E-state index is 11.1. The van der Waals surface area contributed by atoms with E-state index in [4.69, 9.17) is 5.11 Å². The molecule has 100 valence electrons. The van der Waals surface area contributed by atoms with E-state index in [9.17, 15) is 4.79 Å². The van der Waals surface area contributed by atoms with Crippen molar-refractivity contribution in [1.29, 1.82) is 0 Å². The fourth-order valence-corrected chi connectivity index (χ4v) is 2.91. The molecular weight excluding hydrogens is 260 g/mol. The van der Waals surface area contributed by atoms with Gasteiger partial charge in [0.15, 0.2) is 10.8 Å². The number of carboxylic acids is 1. The Labute approximate surface area is 116 Å². The van der Waals surface area contributed by atoms with Crippen molar-refractivity contribution >= 4 is 28.1 Å². The lowest BCUT2D eigenvalue weighted by atomic mass is 10.2. The van der Waals surface area contributed by atoms with Crippen LogP contribution >= 0.6 is 11.3 Å². The first-order valence-electron chi connectivity index (χ1n) is 6.08. The second-order valence-corrected chi connectivity index (χ2v) is 5.47. The van der Waals surface area contributed by atoms with Crippen LogP contribution in [0, 0.1) is 13.8 Å². The average Bonchev–Trinajstić information content (AvgIpc) is 2.72. The number of benzene rings is 1. The first-order chi connectivity index (χ1) is 9.02. The van der Waals surface area contributed by atoms with Crippen LogP contribution in [0.5, 0.6) is 0 Å². The van der Waals surface area contributed by atoms with Crippen LogP contribution in [0.3, 0.4) is 0 Å². The quantitative estimate of drug-likeness (QED) is 0.926. The normalized spacial score (nSPS) is 10.5. The van der Waals surface area contributed by atoms with Crippen molar-refractivity contribution in [3.63, 3.8) is 0 Å². The predicted octanol–water partition coefficient (Wildman–Crippen LogP) is 3.62. The number of rotatable bonds is 4. The van der Waals surface area contributed by atoms with E-state index in [1.165, 1.54) is 16.9 Å². The molecule has 0 atom stereocenters. The van der Waals surface area contributed by atoms with Crippen molar-refractivity contribution in [3.8, 4) is 0 Å². The molecule has 1 N–H and O–H groups in total. The summed E-state index contributed by atoms with van der Waals surface area (Å²) in [4.78, 5) is 18.0. The van der Waals surface area contributed by atoms with Gasteiger partial charge in [0.2, 0.25) is 0 Å². The monoisotopic (exact) mass is 276 g/mol. The minimum atomic E-state index is -0.972. The van der Waals surface area contributed by atoms with Gasteiger partial charge in [-0.2, -0.15) is 0 Å². The summed E-state index contributed by atoms with van der Waals surface area (Å²) < 4.78 is 0. The summed E-state index contributed by atoms with van der Waals surface area (Å²) in [6.07, 6.45) is 0. The van der Waals surface area contributed by atoms with Crippen molar-refractivity contribution < 1.29 is 9.90 Å². The number of carbonyl (C=O) groups is 1. The summed E-state index contributed by atoms with van der Waals surface area (Å²) in [6, 6.07) is 8.10. The van der Waals surface area contributed by atoms with Gasteiger partial charge < -0.3 is 10.0 Å². The molecule has 19 heavy (non-hydrogen) atoms. The van der Waals surface area contributed by atoms with E-state index in [1.54, 1.807) is 6.92 Å². The molecule has 2 rings (SSSR count). The highest BCUT2D eigenvalue weighted by Crippen LogP contribution is 2.31. The van der Waals surface area contributed by atoms with E-state index in [2.05, 4.69) is 11.1 Å². The number of hydrogen-bond donors (Lipinski definition) is 1. The minimum absolute atomic E-state index is 0.145. The zero-order valence-electron chi connectivity index (χ0n) is 11.2. The van der Waals surface area contributed by atoms with Gasteiger partial charge in [0, 0.05) is 17.1 Å². The number of nitrogens with zero attached hydrogens (tertiary/aromatic N) is 2. The van der Waals surface area contributed by atoms with Crippen molar-refractivity contribution in [2.75, 3.05) is 11.4 Å². The van der Waals surface area contributed by atoms with Crippen LogP contribution in [-0.4, -0.2) is 22.6 Å². The molecule has 5 heteroatoms. The van der Waals surface area contributed by atoms with E-state index >= 15 is 0 Å². The minimum Gasteiger partial charge on any atom is -0.476 e. The van der Waals surface area contributed by atoms with Gasteiger partial charge in [-0.25, -0.2) is 9.78 Å². The Bertz CT molecular complexity index is 607. The van der Waals surface area contributed by atoms with E-state index in [0.29, 0.717) is 0 Å². The highest BCUT2D eigenvalue weighted by molar-refractivity contribution is 7.15. The molecule has 0 aliphatic carbocycles. The van der Waals surface area contributed by atoms with Gasteiger partial charge in [-0.05, 0) is 38.5 Å². The van der Waals surface area contributed by atoms with E-state index in [1.807, 2.05) is 36.9 Å². The fraction of sp³-hybridized carbons (Fsp3) is 0.286. The first kappa shape index (κ1) is 13.5. The first-order valence-corrected chi connectivity index (χ1v) is 6.89. The molecule has 0 aliphatic heterocycles. The molecule has 0 unspecified atom stereocenters. The van der Waals surface area contributed by atoms with Gasteiger partial charge in [-0.3, -0.25) is 0 Å². The molecule has 0 bridgehead atoms. The molecule has 2 aromatic rings. The van der Waals surface area contributed by atoms with Crippen LogP contribution in [0.2, 0.25) is 0 Å². The summed E-state index contributed by atoms with van der Waals surface area (Å²) in [5.74, 6) is -0.972. The van der Waals surface area contributed by atoms with E-state index in [0.717, 1.165) is 22.2 Å². The molecule has 0 amide bonds. The number of thiazole rings is 1. The second kappa shape index (κ2) is 5.40. The highest BCUT2D eigenvalue weighted by atomic mass is 32.1. The summed E-state index contributed by atoms with van der Waals surface area (Å²) in [6.45, 7) is 6.59. The van der Waals surface area contributed by atoms with Crippen LogP contribution in [0.1, 0.15) is 27.9 Å². The topological polar surface area (TPSA) is 53.4 Å². The van der Waals surface area contributed by atoms with Gasteiger partial charge >= 0.3 is 5.97 Å². The lowest BCUT2D eigenvalue weighted by molar-refractivity contribution is 0.0690. The van der Waals surface area contributed by atoms with E-state index in [-0.39, 0.29) is 5.69 Å². The van der Waals surface area contributed by atoms with Crippen molar-refractivity contribution in [2.45, 2.75) is 20.8 Å². The second-order valence-electron chi connectivity index (χ2n) is 4.29. The molecule has 0 saturated heterocycles. The highest BCUT2D eigenvalue weighted by Gasteiger charge is 2.18. The van der Waals surface area contributed by atoms with Crippen LogP contribution in [0.25, 0.3) is 0 Å². The number of hydrogen-bond acceptors (Lipinski definition) is 4. The third-order valence-corrected chi connectivity index (χ3v) is 3.84. The van der Waals surface area contributed by atoms with Crippen LogP contribution in [0.15, 0.2) is 24.3 Å². The zero-order chi connectivity index (χ0) is 14.0. The van der Waals surface area contributed by atoms with Crippen LogP contribution in [-0.2, 0) is 0 Å². The Balaban J connectivity index is 2.42. The molecule has 0 radical (unpaired) electrons. The van der Waals surface area contributed by atoms with Crippen molar-refractivity contribution in [2.24, 2.45) is 0 Å². The standard InChI is InChI=1S/C14H16N2O2S/c1-4-16(11-7-5-6-9(2)8-11)14-15-12(13(17)18)10(3)19-14/h5-8H,4H2,1-3H3,(H,17,18). The third-order valence-electron chi connectivity index (χ3n) is 2.85.